The van der Waals surface area contributed by atoms with Gasteiger partial charge in [-0.15, -0.1) is 0 Å². The average molecular weight is 412 g/mol. The molecule has 1 aliphatic heterocycles. The number of nitrogens with zero attached hydrogens (tertiary/aromatic N) is 1. The first-order valence-corrected chi connectivity index (χ1v) is 11.8. The molecule has 0 aromatic heterocycles. The van der Waals surface area contributed by atoms with Crippen LogP contribution in [0.3, 0.4) is 0 Å². The lowest BCUT2D eigenvalue weighted by atomic mass is 9.91. The molecule has 30 heavy (non-hydrogen) atoms. The second-order valence-corrected chi connectivity index (χ2v) is 8.53. The van der Waals surface area contributed by atoms with Gasteiger partial charge in [-0.3, -0.25) is 9.69 Å². The Labute approximate surface area is 181 Å². The van der Waals surface area contributed by atoms with Gasteiger partial charge in [-0.2, -0.15) is 0 Å². The van der Waals surface area contributed by atoms with Gasteiger partial charge in [0.15, 0.2) is 0 Å². The predicted octanol–water partition coefficient (Wildman–Crippen LogP) is 6.44. The van der Waals surface area contributed by atoms with Gasteiger partial charge in [0.2, 0.25) is 0 Å². The zero-order valence-corrected chi connectivity index (χ0v) is 18.6. The molecule has 2 aromatic rings. The Morgan fingerprint density at radius 1 is 1.03 bits per heavy atom. The van der Waals surface area contributed by atoms with Gasteiger partial charge in [-0.1, -0.05) is 69.9 Å². The molecule has 1 N–H and O–H groups in total. The van der Waals surface area contributed by atoms with Crippen LogP contribution in [-0.2, 0) is 4.79 Å². The van der Waals surface area contributed by atoms with Crippen LogP contribution in [0.2, 0.25) is 0 Å². The van der Waals surface area contributed by atoms with Gasteiger partial charge in [-0.25, -0.2) is 0 Å². The molecular weight excluding hydrogens is 374 g/mol. The lowest BCUT2D eigenvalue weighted by Crippen LogP contribution is -2.38. The number of hydrogen-bond donors (Lipinski definition) is 1. The van der Waals surface area contributed by atoms with Gasteiger partial charge >= 0.3 is 5.97 Å². The molecule has 0 bridgehead atoms. The summed E-state index contributed by atoms with van der Waals surface area (Å²) in [6.07, 6.45) is 8.68. The SMILES string of the molecule is CCCCCCCOc1cccc2c(C(CC)N3CCC(C(=O)O)CC3)cccc12. The molecule has 2 aromatic carbocycles. The highest BCUT2D eigenvalue weighted by atomic mass is 16.5. The van der Waals surface area contributed by atoms with Crippen LogP contribution in [0, 0.1) is 5.92 Å². The van der Waals surface area contributed by atoms with Crippen LogP contribution in [0.4, 0.5) is 0 Å². The van der Waals surface area contributed by atoms with E-state index in [2.05, 4.69) is 55.1 Å². The van der Waals surface area contributed by atoms with E-state index in [0.717, 1.165) is 51.1 Å². The minimum absolute atomic E-state index is 0.191. The van der Waals surface area contributed by atoms with Gasteiger partial charge in [0.1, 0.15) is 5.75 Å². The van der Waals surface area contributed by atoms with Crippen molar-refractivity contribution in [2.24, 2.45) is 5.92 Å². The normalized spacial score (nSPS) is 16.6. The summed E-state index contributed by atoms with van der Waals surface area (Å²) >= 11 is 0. The molecule has 1 aliphatic rings. The zero-order valence-electron chi connectivity index (χ0n) is 18.6. The van der Waals surface area contributed by atoms with Crippen molar-refractivity contribution < 1.29 is 14.6 Å². The zero-order chi connectivity index (χ0) is 21.3. The van der Waals surface area contributed by atoms with Crippen molar-refractivity contribution in [2.45, 2.75) is 71.3 Å². The number of ether oxygens (including phenoxy) is 1. The van der Waals surface area contributed by atoms with Crippen LogP contribution in [-0.4, -0.2) is 35.7 Å². The number of unbranched alkanes of at least 4 members (excludes halogenated alkanes) is 4. The van der Waals surface area contributed by atoms with Crippen LogP contribution >= 0.6 is 0 Å². The van der Waals surface area contributed by atoms with E-state index < -0.39 is 5.97 Å². The first-order chi connectivity index (χ1) is 14.7. The Balaban J connectivity index is 1.73. The molecule has 0 amide bonds. The third kappa shape index (κ3) is 5.54. The number of carbonyl (C=O) groups is 1. The van der Waals surface area contributed by atoms with E-state index in [4.69, 9.17) is 4.74 Å². The molecule has 0 spiro atoms. The Hall–Kier alpha value is -2.07. The summed E-state index contributed by atoms with van der Waals surface area (Å²) in [5, 5.41) is 11.7. The number of benzene rings is 2. The number of carboxylic acid groups (broad SMARTS) is 1. The Morgan fingerprint density at radius 3 is 2.43 bits per heavy atom. The number of hydrogen-bond acceptors (Lipinski definition) is 3. The fourth-order valence-corrected chi connectivity index (χ4v) is 4.74. The maximum Gasteiger partial charge on any atom is 0.306 e. The summed E-state index contributed by atoms with van der Waals surface area (Å²) in [7, 11) is 0. The Bertz CT molecular complexity index is 811. The van der Waals surface area contributed by atoms with Crippen molar-refractivity contribution in [1.82, 2.24) is 4.90 Å². The minimum Gasteiger partial charge on any atom is -0.493 e. The van der Waals surface area contributed by atoms with Crippen LogP contribution < -0.4 is 4.74 Å². The van der Waals surface area contributed by atoms with E-state index in [0.29, 0.717) is 6.04 Å². The maximum absolute atomic E-state index is 11.3. The largest absolute Gasteiger partial charge is 0.493 e. The minimum atomic E-state index is -0.649. The maximum atomic E-state index is 11.3. The summed E-state index contributed by atoms with van der Waals surface area (Å²) in [5.41, 5.74) is 1.33. The second-order valence-electron chi connectivity index (χ2n) is 8.53. The van der Waals surface area contributed by atoms with Gasteiger partial charge in [0, 0.05) is 11.4 Å². The molecule has 4 nitrogen and oxygen atoms in total. The molecule has 0 saturated carbocycles. The lowest BCUT2D eigenvalue weighted by molar-refractivity contribution is -0.143. The molecule has 4 heteroatoms. The lowest BCUT2D eigenvalue weighted by Gasteiger charge is -2.37. The molecule has 1 atom stereocenters. The summed E-state index contributed by atoms with van der Waals surface area (Å²) in [6.45, 7) is 6.93. The Kier molecular flexibility index (Phi) is 8.56. The number of rotatable bonds is 11. The number of fused-ring (bicyclic) bond motifs is 1. The molecule has 0 radical (unpaired) electrons. The van der Waals surface area contributed by atoms with Crippen LogP contribution in [0.5, 0.6) is 5.75 Å². The molecule has 1 saturated heterocycles. The summed E-state index contributed by atoms with van der Waals surface area (Å²) < 4.78 is 6.17. The van der Waals surface area contributed by atoms with Crippen molar-refractivity contribution in [3.8, 4) is 5.75 Å². The standard InChI is InChI=1S/C26H37NO3/c1-3-5-6-7-8-19-30-25-14-10-11-21-22(12-9-13-23(21)25)24(4-2)27-17-15-20(16-18-27)26(28)29/h9-14,20,24H,3-8,15-19H2,1-2H3,(H,28,29). The van der Waals surface area contributed by atoms with Crippen molar-refractivity contribution in [3.05, 3.63) is 42.0 Å². The summed E-state index contributed by atoms with van der Waals surface area (Å²) in [6, 6.07) is 13.2. The highest BCUT2D eigenvalue weighted by molar-refractivity contribution is 5.91. The summed E-state index contributed by atoms with van der Waals surface area (Å²) in [5.74, 6) is 0.136. The number of carboxylic acids is 1. The smallest absolute Gasteiger partial charge is 0.306 e. The number of piperidine rings is 1. The van der Waals surface area contributed by atoms with Gasteiger partial charge in [0.05, 0.1) is 12.5 Å². The average Bonchev–Trinajstić information content (AvgIpc) is 2.77. The van der Waals surface area contributed by atoms with Crippen molar-refractivity contribution >= 4 is 16.7 Å². The molecular formula is C26H37NO3. The third-order valence-corrected chi connectivity index (χ3v) is 6.49. The fraction of sp³-hybridized carbons (Fsp3) is 0.577. The molecule has 0 aliphatic carbocycles. The predicted molar refractivity (Wildman–Crippen MR) is 123 cm³/mol. The molecule has 1 unspecified atom stereocenters. The first-order valence-electron chi connectivity index (χ1n) is 11.8. The molecule has 164 valence electrons. The fourth-order valence-electron chi connectivity index (χ4n) is 4.74. The van der Waals surface area contributed by atoms with Crippen LogP contribution in [0.15, 0.2) is 36.4 Å². The highest BCUT2D eigenvalue weighted by Gasteiger charge is 2.29. The van der Waals surface area contributed by atoms with E-state index >= 15 is 0 Å². The molecule has 1 heterocycles. The van der Waals surface area contributed by atoms with E-state index in [-0.39, 0.29) is 5.92 Å². The third-order valence-electron chi connectivity index (χ3n) is 6.49. The summed E-state index contributed by atoms with van der Waals surface area (Å²) in [4.78, 5) is 13.8. The van der Waals surface area contributed by atoms with Crippen molar-refractivity contribution in [1.29, 1.82) is 0 Å². The molecule has 3 rings (SSSR count). The van der Waals surface area contributed by atoms with Crippen molar-refractivity contribution in [2.75, 3.05) is 19.7 Å². The van der Waals surface area contributed by atoms with Crippen LogP contribution in [0.1, 0.15) is 76.8 Å². The van der Waals surface area contributed by atoms with E-state index in [1.54, 1.807) is 0 Å². The second kappa shape index (κ2) is 11.4. The quantitative estimate of drug-likeness (QED) is 0.432. The molecule has 1 fully saturated rings. The van der Waals surface area contributed by atoms with E-state index in [1.165, 1.54) is 42.0 Å². The van der Waals surface area contributed by atoms with Gasteiger partial charge in [0.25, 0.3) is 0 Å². The van der Waals surface area contributed by atoms with Gasteiger partial charge in [-0.05, 0) is 55.8 Å². The monoisotopic (exact) mass is 411 g/mol. The topological polar surface area (TPSA) is 49.8 Å². The Morgan fingerprint density at radius 2 is 1.73 bits per heavy atom. The number of likely N-dealkylation sites (tertiary alicyclic amines) is 1. The van der Waals surface area contributed by atoms with E-state index in [1.807, 2.05) is 0 Å². The van der Waals surface area contributed by atoms with Crippen LogP contribution in [0.25, 0.3) is 10.8 Å². The first kappa shape index (κ1) is 22.6. The van der Waals surface area contributed by atoms with Gasteiger partial charge < -0.3 is 9.84 Å². The van der Waals surface area contributed by atoms with Crippen molar-refractivity contribution in [3.63, 3.8) is 0 Å². The highest BCUT2D eigenvalue weighted by Crippen LogP contribution is 2.36. The number of aliphatic carboxylic acids is 1. The van der Waals surface area contributed by atoms with E-state index in [9.17, 15) is 9.90 Å².